The molecule has 0 aromatic carbocycles. The molecule has 5 fully saturated rings. The lowest BCUT2D eigenvalue weighted by molar-refractivity contribution is 0.00543. The van der Waals surface area contributed by atoms with Crippen LogP contribution in [-0.4, -0.2) is 64.8 Å². The molecule has 0 spiro atoms. The molecule has 5 rings (SSSR count). The van der Waals surface area contributed by atoms with E-state index in [1.54, 1.807) is 0 Å². The minimum absolute atomic E-state index is 0.287. The van der Waals surface area contributed by atoms with Crippen LogP contribution in [0.4, 0.5) is 0 Å². The Bertz CT molecular complexity index is 678. The lowest BCUT2D eigenvalue weighted by atomic mass is 9.78. The predicted octanol–water partition coefficient (Wildman–Crippen LogP) is 5.14. The van der Waals surface area contributed by atoms with Crippen molar-refractivity contribution in [3.05, 3.63) is 0 Å². The summed E-state index contributed by atoms with van der Waals surface area (Å²) in [5.74, 6) is 1.52. The average Bonchev–Trinajstić information content (AvgIpc) is 3.11. The first-order chi connectivity index (χ1) is 16.2. The molecule has 0 aliphatic carbocycles. The van der Waals surface area contributed by atoms with Gasteiger partial charge in [0.25, 0.3) is 0 Å². The fraction of sp³-hybridized carbons (Fsp3) is 1.00. The number of piperidine rings is 3. The van der Waals surface area contributed by atoms with Gasteiger partial charge in [-0.3, -0.25) is 25.2 Å². The molecule has 5 aliphatic rings. The van der Waals surface area contributed by atoms with Gasteiger partial charge in [0.15, 0.2) is 0 Å². The summed E-state index contributed by atoms with van der Waals surface area (Å²) in [5.41, 5.74) is 0.605. The Balaban J connectivity index is 1.37. The van der Waals surface area contributed by atoms with Crippen LogP contribution in [-0.2, 0) is 0 Å². The fourth-order valence-corrected chi connectivity index (χ4v) is 8.98. The maximum Gasteiger partial charge on any atom is 0.0690 e. The summed E-state index contributed by atoms with van der Waals surface area (Å²) < 4.78 is 3.89. The lowest BCUT2D eigenvalue weighted by Crippen LogP contribution is -2.63. The molecule has 0 radical (unpaired) electrons. The van der Waals surface area contributed by atoms with E-state index in [-0.39, 0.29) is 5.54 Å². The average molecular weight is 492 g/mol. The van der Waals surface area contributed by atoms with E-state index in [2.05, 4.69) is 59.8 Å². The van der Waals surface area contributed by atoms with Crippen LogP contribution in [0.2, 0.25) is 0 Å². The molecule has 7 unspecified atom stereocenters. The van der Waals surface area contributed by atoms with E-state index in [9.17, 15) is 0 Å². The summed E-state index contributed by atoms with van der Waals surface area (Å²) in [5, 5.41) is 8.83. The molecule has 0 aromatic heterocycles. The van der Waals surface area contributed by atoms with Gasteiger partial charge in [0.1, 0.15) is 0 Å². The summed E-state index contributed by atoms with van der Waals surface area (Å²) in [6.07, 6.45) is 16.1. The number of nitrogens with one attached hydrogen (secondary N) is 3. The molecule has 3 N–H and O–H groups in total. The standard InChI is InChI=1S/C28H53N5S/c1-27(2,3)23-15-13-21-18-29-34-25-11-8-10-24(31-25)32-16-7-6-9-22(32)14-12-20-17-28(4,5)33(19-20)26(21)30-23/h20-26,29-31H,6-19H2,1-5H3/t20-,21?,22?,23?,24?,25?,26?/m0/s1. The molecule has 0 amide bonds. The summed E-state index contributed by atoms with van der Waals surface area (Å²) in [4.78, 5) is 5.80. The molecule has 5 heterocycles. The van der Waals surface area contributed by atoms with E-state index in [1.165, 1.54) is 83.7 Å². The lowest BCUT2D eigenvalue weighted by Gasteiger charge is -2.50. The zero-order valence-corrected chi connectivity index (χ0v) is 23.6. The highest BCUT2D eigenvalue weighted by Gasteiger charge is 2.47. The molecule has 5 saturated heterocycles. The van der Waals surface area contributed by atoms with E-state index in [4.69, 9.17) is 0 Å². The van der Waals surface area contributed by atoms with Gasteiger partial charge in [0, 0.05) is 36.6 Å². The Kier molecular flexibility index (Phi) is 7.96. The van der Waals surface area contributed by atoms with Gasteiger partial charge in [-0.1, -0.05) is 39.1 Å². The first kappa shape index (κ1) is 25.8. The zero-order valence-electron chi connectivity index (χ0n) is 22.7. The molecule has 5 aliphatic heterocycles. The van der Waals surface area contributed by atoms with Crippen molar-refractivity contribution >= 4 is 11.9 Å². The Morgan fingerprint density at radius 1 is 0.882 bits per heavy atom. The molecule has 6 heteroatoms. The minimum atomic E-state index is 0.287. The van der Waals surface area contributed by atoms with Gasteiger partial charge in [-0.25, -0.2) is 0 Å². The van der Waals surface area contributed by atoms with Crippen LogP contribution in [0.25, 0.3) is 0 Å². The van der Waals surface area contributed by atoms with Crippen molar-refractivity contribution in [2.45, 2.75) is 141 Å². The van der Waals surface area contributed by atoms with Gasteiger partial charge >= 0.3 is 0 Å². The van der Waals surface area contributed by atoms with Crippen molar-refractivity contribution in [2.24, 2.45) is 17.3 Å². The number of hydrogen-bond donors (Lipinski definition) is 3. The number of hydrogen-bond acceptors (Lipinski definition) is 6. The molecule has 34 heavy (non-hydrogen) atoms. The summed E-state index contributed by atoms with van der Waals surface area (Å²) >= 11 is 1.99. The van der Waals surface area contributed by atoms with Gasteiger partial charge in [-0.05, 0) is 95.9 Å². The third-order valence-corrected chi connectivity index (χ3v) is 10.9. The van der Waals surface area contributed by atoms with Crippen LogP contribution < -0.4 is 15.4 Å². The fourth-order valence-electron chi connectivity index (χ4n) is 7.96. The Morgan fingerprint density at radius 3 is 2.56 bits per heavy atom. The summed E-state index contributed by atoms with van der Waals surface area (Å²) in [6.45, 7) is 16.0. The monoisotopic (exact) mass is 491 g/mol. The van der Waals surface area contributed by atoms with Crippen molar-refractivity contribution < 1.29 is 0 Å². The van der Waals surface area contributed by atoms with Crippen LogP contribution in [0, 0.1) is 17.3 Å². The number of fused-ring (bicyclic) bond motifs is 8. The molecular weight excluding hydrogens is 438 g/mol. The Hall–Kier alpha value is 0.150. The van der Waals surface area contributed by atoms with Gasteiger partial charge in [-0.2, -0.15) is 0 Å². The Labute approximate surface area is 214 Å². The first-order valence-corrected chi connectivity index (χ1v) is 15.5. The van der Waals surface area contributed by atoms with E-state index in [1.807, 2.05) is 11.9 Å². The van der Waals surface area contributed by atoms with Crippen molar-refractivity contribution in [3.8, 4) is 0 Å². The van der Waals surface area contributed by atoms with Crippen molar-refractivity contribution in [3.63, 3.8) is 0 Å². The van der Waals surface area contributed by atoms with Gasteiger partial charge < -0.3 is 0 Å². The van der Waals surface area contributed by atoms with Gasteiger partial charge in [-0.15, -0.1) is 0 Å². The molecule has 4 bridgehead atoms. The second kappa shape index (κ2) is 10.5. The van der Waals surface area contributed by atoms with E-state index in [0.29, 0.717) is 35.1 Å². The van der Waals surface area contributed by atoms with Crippen LogP contribution >= 0.6 is 11.9 Å². The van der Waals surface area contributed by atoms with E-state index < -0.39 is 0 Å². The second-order valence-corrected chi connectivity index (χ2v) is 15.0. The number of nitrogens with zero attached hydrogens (tertiary/aromatic N) is 2. The second-order valence-electron chi connectivity index (χ2n) is 13.9. The van der Waals surface area contributed by atoms with Crippen LogP contribution in [0.1, 0.15) is 105 Å². The summed E-state index contributed by atoms with van der Waals surface area (Å²) in [6, 6.07) is 1.39. The SMILES string of the molecule is CC(C)(C)C1CCC2CNSC3CCCC(N3)N3CCCCC3CC[C@@H]3CN(C2N1)C(C)(C)C3. The van der Waals surface area contributed by atoms with E-state index in [0.717, 1.165) is 18.5 Å². The third kappa shape index (κ3) is 5.67. The maximum atomic E-state index is 4.21. The minimum Gasteiger partial charge on any atom is -0.298 e. The van der Waals surface area contributed by atoms with Crippen molar-refractivity contribution in [1.29, 1.82) is 0 Å². The quantitative estimate of drug-likeness (QED) is 0.408. The largest absolute Gasteiger partial charge is 0.298 e. The molecule has 196 valence electrons. The zero-order chi connectivity index (χ0) is 23.9. The van der Waals surface area contributed by atoms with Crippen molar-refractivity contribution in [1.82, 2.24) is 25.2 Å². The van der Waals surface area contributed by atoms with Gasteiger partial charge in [0.2, 0.25) is 0 Å². The predicted molar refractivity (Wildman–Crippen MR) is 146 cm³/mol. The highest BCUT2D eigenvalue weighted by molar-refractivity contribution is 7.98. The van der Waals surface area contributed by atoms with Crippen molar-refractivity contribution in [2.75, 3.05) is 19.6 Å². The molecule has 8 atom stereocenters. The van der Waals surface area contributed by atoms with Crippen LogP contribution in [0.3, 0.4) is 0 Å². The third-order valence-electron chi connectivity index (χ3n) is 9.92. The normalized spacial score (nSPS) is 44.4. The molecular formula is C28H53N5S. The smallest absolute Gasteiger partial charge is 0.0690 e. The highest BCUT2D eigenvalue weighted by Crippen LogP contribution is 2.42. The van der Waals surface area contributed by atoms with Crippen LogP contribution in [0.15, 0.2) is 0 Å². The topological polar surface area (TPSA) is 42.6 Å². The van der Waals surface area contributed by atoms with Gasteiger partial charge in [0.05, 0.1) is 17.7 Å². The maximum absolute atomic E-state index is 4.21. The Morgan fingerprint density at radius 2 is 1.74 bits per heavy atom. The molecule has 0 aromatic rings. The molecule has 5 nitrogen and oxygen atoms in total. The van der Waals surface area contributed by atoms with E-state index >= 15 is 0 Å². The molecule has 0 saturated carbocycles. The summed E-state index contributed by atoms with van der Waals surface area (Å²) in [7, 11) is 0. The first-order valence-electron chi connectivity index (χ1n) is 14.6. The van der Waals surface area contributed by atoms with Crippen LogP contribution in [0.5, 0.6) is 0 Å². The highest BCUT2D eigenvalue weighted by atomic mass is 32.2. The number of rotatable bonds is 0.